The number of alkyl halides is 1. The molecule has 0 bridgehead atoms. The number of carbonyl (C=O) groups excluding carboxylic acids is 1. The van der Waals surface area contributed by atoms with Gasteiger partial charge in [0.15, 0.2) is 0 Å². The van der Waals surface area contributed by atoms with E-state index >= 15 is 0 Å². The van der Waals surface area contributed by atoms with Crippen molar-refractivity contribution in [2.75, 3.05) is 5.43 Å². The van der Waals surface area contributed by atoms with E-state index < -0.39 is 12.6 Å². The van der Waals surface area contributed by atoms with Gasteiger partial charge in [-0.25, -0.2) is 19.8 Å². The monoisotopic (exact) mass is 365 g/mol. The Kier molecular flexibility index (Phi) is 6.43. The zero-order chi connectivity index (χ0) is 18.9. The van der Waals surface area contributed by atoms with E-state index in [1.807, 2.05) is 60.7 Å². The van der Waals surface area contributed by atoms with Gasteiger partial charge in [0, 0.05) is 19.3 Å². The molecule has 0 radical (unpaired) electrons. The number of anilines is 1. The Morgan fingerprint density at radius 1 is 0.926 bits per heavy atom. The van der Waals surface area contributed by atoms with Crippen LogP contribution in [0, 0.1) is 0 Å². The van der Waals surface area contributed by atoms with Gasteiger partial charge in [-0.1, -0.05) is 60.7 Å². The average Bonchev–Trinajstić information content (AvgIpc) is 2.73. The van der Waals surface area contributed by atoms with Crippen LogP contribution in [0.3, 0.4) is 0 Å². The SMILES string of the molecule is O=C(NCc1ccccc1)c1cnc(NNCc2ccccc2)nc1CF. The first-order valence-corrected chi connectivity index (χ1v) is 8.53. The van der Waals surface area contributed by atoms with Crippen molar-refractivity contribution in [3.63, 3.8) is 0 Å². The molecule has 138 valence electrons. The van der Waals surface area contributed by atoms with Crippen LogP contribution >= 0.6 is 0 Å². The summed E-state index contributed by atoms with van der Waals surface area (Å²) >= 11 is 0. The summed E-state index contributed by atoms with van der Waals surface area (Å²) in [6.45, 7) is 0.0441. The largest absolute Gasteiger partial charge is 0.348 e. The molecule has 2 aromatic carbocycles. The van der Waals surface area contributed by atoms with Gasteiger partial charge < -0.3 is 5.32 Å². The number of aromatic nitrogens is 2. The van der Waals surface area contributed by atoms with Crippen molar-refractivity contribution < 1.29 is 9.18 Å². The van der Waals surface area contributed by atoms with Gasteiger partial charge >= 0.3 is 0 Å². The highest BCUT2D eigenvalue weighted by molar-refractivity contribution is 5.95. The summed E-state index contributed by atoms with van der Waals surface area (Å²) in [6.07, 6.45) is 1.33. The molecule has 3 aromatic rings. The molecule has 1 heterocycles. The average molecular weight is 365 g/mol. The summed E-state index contributed by atoms with van der Waals surface area (Å²) < 4.78 is 13.4. The lowest BCUT2D eigenvalue weighted by atomic mass is 10.2. The second-order valence-electron chi connectivity index (χ2n) is 5.82. The third kappa shape index (κ3) is 5.32. The Hall–Kier alpha value is -3.32. The summed E-state index contributed by atoms with van der Waals surface area (Å²) in [6, 6.07) is 19.3. The quantitative estimate of drug-likeness (QED) is 0.535. The number of rotatable bonds is 8. The van der Waals surface area contributed by atoms with Crippen LogP contribution in [0.25, 0.3) is 0 Å². The molecule has 7 heteroatoms. The molecule has 3 rings (SSSR count). The van der Waals surface area contributed by atoms with Crippen molar-refractivity contribution in [1.82, 2.24) is 20.7 Å². The highest BCUT2D eigenvalue weighted by Crippen LogP contribution is 2.10. The van der Waals surface area contributed by atoms with Crippen molar-refractivity contribution in [3.8, 4) is 0 Å². The lowest BCUT2D eigenvalue weighted by Crippen LogP contribution is -2.26. The fraction of sp³-hybridized carbons (Fsp3) is 0.150. The van der Waals surface area contributed by atoms with E-state index in [2.05, 4.69) is 26.1 Å². The first-order valence-electron chi connectivity index (χ1n) is 8.53. The maximum absolute atomic E-state index is 13.4. The van der Waals surface area contributed by atoms with Crippen LogP contribution < -0.4 is 16.2 Å². The normalized spacial score (nSPS) is 10.4. The summed E-state index contributed by atoms with van der Waals surface area (Å²) in [4.78, 5) is 20.5. The highest BCUT2D eigenvalue weighted by Gasteiger charge is 2.14. The van der Waals surface area contributed by atoms with Crippen LogP contribution in [-0.2, 0) is 19.8 Å². The standard InChI is InChI=1S/C20H20FN5O/c21-11-18-17(19(27)22-12-15-7-3-1-4-8-15)14-23-20(25-18)26-24-13-16-9-5-2-6-10-16/h1-10,14,24H,11-13H2,(H,22,27)(H,23,25,26). The minimum absolute atomic E-state index is 0.0413. The fourth-order valence-corrected chi connectivity index (χ4v) is 2.46. The zero-order valence-corrected chi connectivity index (χ0v) is 14.7. The van der Waals surface area contributed by atoms with E-state index in [0.29, 0.717) is 13.1 Å². The topological polar surface area (TPSA) is 78.9 Å². The second kappa shape index (κ2) is 9.40. The zero-order valence-electron chi connectivity index (χ0n) is 14.7. The number of benzene rings is 2. The van der Waals surface area contributed by atoms with E-state index in [1.165, 1.54) is 6.20 Å². The molecule has 0 unspecified atom stereocenters. The van der Waals surface area contributed by atoms with Crippen LogP contribution in [0.4, 0.5) is 10.3 Å². The number of hydrazine groups is 1. The van der Waals surface area contributed by atoms with E-state index in [9.17, 15) is 9.18 Å². The van der Waals surface area contributed by atoms with Crippen molar-refractivity contribution in [1.29, 1.82) is 0 Å². The van der Waals surface area contributed by atoms with Crippen molar-refractivity contribution in [3.05, 3.63) is 89.2 Å². The van der Waals surface area contributed by atoms with Crippen molar-refractivity contribution in [2.45, 2.75) is 19.8 Å². The maximum Gasteiger partial charge on any atom is 0.255 e. The number of nitrogens with one attached hydrogen (secondary N) is 3. The molecule has 0 aliphatic heterocycles. The smallest absolute Gasteiger partial charge is 0.255 e. The summed E-state index contributed by atoms with van der Waals surface area (Å²) in [5.41, 5.74) is 7.99. The predicted molar refractivity (Wildman–Crippen MR) is 101 cm³/mol. The van der Waals surface area contributed by atoms with Crippen LogP contribution in [0.2, 0.25) is 0 Å². The Labute approximate surface area is 156 Å². The first kappa shape index (κ1) is 18.5. The number of hydrogen-bond donors (Lipinski definition) is 3. The van der Waals surface area contributed by atoms with E-state index in [4.69, 9.17) is 0 Å². The molecular weight excluding hydrogens is 345 g/mol. The molecule has 0 spiro atoms. The summed E-state index contributed by atoms with van der Waals surface area (Å²) in [5, 5.41) is 2.75. The van der Waals surface area contributed by atoms with E-state index in [0.717, 1.165) is 11.1 Å². The maximum atomic E-state index is 13.4. The van der Waals surface area contributed by atoms with Gasteiger partial charge in [-0.2, -0.15) is 0 Å². The third-order valence-corrected chi connectivity index (χ3v) is 3.87. The van der Waals surface area contributed by atoms with Gasteiger partial charge in [0.2, 0.25) is 5.95 Å². The number of nitrogens with zero attached hydrogens (tertiary/aromatic N) is 2. The Morgan fingerprint density at radius 2 is 1.56 bits per heavy atom. The van der Waals surface area contributed by atoms with Crippen LogP contribution in [-0.4, -0.2) is 15.9 Å². The van der Waals surface area contributed by atoms with Gasteiger partial charge in [0.05, 0.1) is 11.3 Å². The molecule has 3 N–H and O–H groups in total. The molecule has 1 amide bonds. The van der Waals surface area contributed by atoms with Crippen LogP contribution in [0.15, 0.2) is 66.9 Å². The Bertz CT molecular complexity index is 874. The highest BCUT2D eigenvalue weighted by atomic mass is 19.1. The molecule has 1 aromatic heterocycles. The molecule has 0 aliphatic carbocycles. The van der Waals surface area contributed by atoms with E-state index in [1.54, 1.807) is 0 Å². The van der Waals surface area contributed by atoms with Gasteiger partial charge in [-0.05, 0) is 11.1 Å². The Morgan fingerprint density at radius 3 is 2.19 bits per heavy atom. The molecule has 0 saturated carbocycles. The molecule has 6 nitrogen and oxygen atoms in total. The van der Waals surface area contributed by atoms with Crippen LogP contribution in [0.1, 0.15) is 27.2 Å². The van der Waals surface area contributed by atoms with Crippen LogP contribution in [0.5, 0.6) is 0 Å². The fourth-order valence-electron chi connectivity index (χ4n) is 2.46. The minimum Gasteiger partial charge on any atom is -0.348 e. The lowest BCUT2D eigenvalue weighted by Gasteiger charge is -2.11. The number of amides is 1. The number of carbonyl (C=O) groups is 1. The molecule has 0 saturated heterocycles. The molecule has 0 atom stereocenters. The lowest BCUT2D eigenvalue weighted by molar-refractivity contribution is 0.0948. The molecule has 0 aliphatic rings. The number of halogens is 1. The summed E-state index contributed by atoms with van der Waals surface area (Å²) in [7, 11) is 0. The minimum atomic E-state index is -0.857. The molecule has 27 heavy (non-hydrogen) atoms. The van der Waals surface area contributed by atoms with Gasteiger partial charge in [-0.15, -0.1) is 0 Å². The third-order valence-electron chi connectivity index (χ3n) is 3.87. The van der Waals surface area contributed by atoms with Gasteiger partial charge in [0.1, 0.15) is 6.67 Å². The van der Waals surface area contributed by atoms with Crippen molar-refractivity contribution >= 4 is 11.9 Å². The second-order valence-corrected chi connectivity index (χ2v) is 5.82. The summed E-state index contributed by atoms with van der Waals surface area (Å²) in [5.74, 6) is -0.200. The van der Waals surface area contributed by atoms with E-state index in [-0.39, 0.29) is 17.2 Å². The van der Waals surface area contributed by atoms with Gasteiger partial charge in [0.25, 0.3) is 5.91 Å². The predicted octanol–water partition coefficient (Wildman–Crippen LogP) is 2.99. The first-order chi connectivity index (χ1) is 13.3. The number of hydrogen-bond acceptors (Lipinski definition) is 5. The molecular formula is C20H20FN5O. The Balaban J connectivity index is 1.58. The van der Waals surface area contributed by atoms with Crippen molar-refractivity contribution in [2.24, 2.45) is 0 Å². The van der Waals surface area contributed by atoms with Gasteiger partial charge in [-0.3, -0.25) is 10.2 Å². The molecule has 0 fully saturated rings.